The molecule has 0 heterocycles. The highest BCUT2D eigenvalue weighted by atomic mass is 35.5. The number of benzene rings is 2. The minimum Gasteiger partial charge on any atom is -0.348 e. The normalized spacial score (nSPS) is 11.3. The fraction of sp³-hybridized carbons (Fsp3) is 0.235. The first-order valence-electron chi connectivity index (χ1n) is 7.32. The molecule has 2 aromatic rings. The van der Waals surface area contributed by atoms with Crippen LogP contribution in [0.25, 0.3) is 0 Å². The van der Waals surface area contributed by atoms with Gasteiger partial charge >= 0.3 is 0 Å². The standard InChI is InChI=1S/C17H19ClN2O3S/c1-11-8-14(9-16(12(11)2)24(22,23)19-3)17(21)20-10-13-6-4-5-7-15(13)18/h4-9,19H,10H2,1-3H3,(H,20,21). The van der Waals surface area contributed by atoms with Crippen molar-refractivity contribution in [1.82, 2.24) is 10.0 Å². The van der Waals surface area contributed by atoms with E-state index < -0.39 is 10.0 Å². The van der Waals surface area contributed by atoms with E-state index in [1.807, 2.05) is 18.2 Å². The Kier molecular flexibility index (Phi) is 5.64. The summed E-state index contributed by atoms with van der Waals surface area (Å²) in [6, 6.07) is 10.3. The van der Waals surface area contributed by atoms with E-state index in [0.717, 1.165) is 11.1 Å². The van der Waals surface area contributed by atoms with Gasteiger partial charge in [0.15, 0.2) is 0 Å². The van der Waals surface area contributed by atoms with E-state index in [2.05, 4.69) is 10.0 Å². The molecular weight excluding hydrogens is 348 g/mol. The van der Waals surface area contributed by atoms with Crippen LogP contribution < -0.4 is 10.0 Å². The molecule has 0 aliphatic heterocycles. The summed E-state index contributed by atoms with van der Waals surface area (Å²) in [5.41, 5.74) is 2.43. The van der Waals surface area contributed by atoms with Crippen LogP contribution in [0.5, 0.6) is 0 Å². The highest BCUT2D eigenvalue weighted by Gasteiger charge is 2.19. The van der Waals surface area contributed by atoms with Crippen LogP contribution in [0.15, 0.2) is 41.3 Å². The SMILES string of the molecule is CNS(=O)(=O)c1cc(C(=O)NCc2ccccc2Cl)cc(C)c1C. The maximum absolute atomic E-state index is 12.4. The van der Waals surface area contributed by atoms with Gasteiger partial charge < -0.3 is 5.32 Å². The van der Waals surface area contributed by atoms with Crippen LogP contribution in [0, 0.1) is 13.8 Å². The summed E-state index contributed by atoms with van der Waals surface area (Å²) >= 11 is 6.06. The van der Waals surface area contributed by atoms with E-state index in [4.69, 9.17) is 11.6 Å². The smallest absolute Gasteiger partial charge is 0.251 e. The Labute approximate surface area is 147 Å². The Balaban J connectivity index is 2.29. The van der Waals surface area contributed by atoms with Crippen LogP contribution in [-0.4, -0.2) is 21.4 Å². The average molecular weight is 367 g/mol. The molecule has 0 saturated carbocycles. The van der Waals surface area contributed by atoms with Gasteiger partial charge in [0, 0.05) is 17.1 Å². The second kappa shape index (κ2) is 7.34. The van der Waals surface area contributed by atoms with Gasteiger partial charge in [0.1, 0.15) is 0 Å². The maximum Gasteiger partial charge on any atom is 0.251 e. The van der Waals surface area contributed by atoms with Crippen LogP contribution in [-0.2, 0) is 16.6 Å². The van der Waals surface area contributed by atoms with Gasteiger partial charge in [-0.1, -0.05) is 29.8 Å². The van der Waals surface area contributed by atoms with Crippen LogP contribution in [0.2, 0.25) is 5.02 Å². The molecule has 1 amide bonds. The van der Waals surface area contributed by atoms with E-state index in [1.165, 1.54) is 13.1 Å². The highest BCUT2D eigenvalue weighted by molar-refractivity contribution is 7.89. The molecule has 0 aliphatic carbocycles. The van der Waals surface area contributed by atoms with Gasteiger partial charge in [0.05, 0.1) is 4.90 Å². The summed E-state index contributed by atoms with van der Waals surface area (Å²) in [7, 11) is -2.29. The Bertz CT molecular complexity index is 879. The second-order valence-corrected chi connectivity index (χ2v) is 7.66. The molecule has 2 aromatic carbocycles. The van der Waals surface area contributed by atoms with Crippen molar-refractivity contribution in [3.8, 4) is 0 Å². The number of amides is 1. The third-order valence-corrected chi connectivity index (χ3v) is 5.75. The van der Waals surface area contributed by atoms with Crippen molar-refractivity contribution in [3.05, 3.63) is 63.7 Å². The summed E-state index contributed by atoms with van der Waals surface area (Å²) in [5, 5.41) is 3.33. The minimum absolute atomic E-state index is 0.105. The summed E-state index contributed by atoms with van der Waals surface area (Å²) in [4.78, 5) is 12.5. The van der Waals surface area contributed by atoms with Crippen LogP contribution in [0.3, 0.4) is 0 Å². The summed E-state index contributed by atoms with van der Waals surface area (Å²) in [5.74, 6) is -0.356. The molecule has 0 unspecified atom stereocenters. The summed E-state index contributed by atoms with van der Waals surface area (Å²) in [6.45, 7) is 3.75. The third-order valence-electron chi connectivity index (χ3n) is 3.84. The molecule has 0 fully saturated rings. The van der Waals surface area contributed by atoms with Crippen molar-refractivity contribution in [1.29, 1.82) is 0 Å². The van der Waals surface area contributed by atoms with Crippen molar-refractivity contribution >= 4 is 27.5 Å². The second-order valence-electron chi connectivity index (χ2n) is 5.40. The maximum atomic E-state index is 12.4. The molecule has 24 heavy (non-hydrogen) atoms. The zero-order chi connectivity index (χ0) is 17.9. The van der Waals surface area contributed by atoms with Gasteiger partial charge in [0.2, 0.25) is 10.0 Å². The molecule has 0 bridgehead atoms. The van der Waals surface area contributed by atoms with Crippen LogP contribution in [0.1, 0.15) is 27.0 Å². The van der Waals surface area contributed by atoms with Gasteiger partial charge in [-0.2, -0.15) is 0 Å². The van der Waals surface area contributed by atoms with Crippen molar-refractivity contribution < 1.29 is 13.2 Å². The fourth-order valence-corrected chi connectivity index (χ4v) is 3.54. The Hall–Kier alpha value is -1.89. The highest BCUT2D eigenvalue weighted by Crippen LogP contribution is 2.21. The van der Waals surface area contributed by atoms with E-state index in [9.17, 15) is 13.2 Å². The molecule has 2 N–H and O–H groups in total. The van der Waals surface area contributed by atoms with E-state index in [1.54, 1.807) is 26.0 Å². The lowest BCUT2D eigenvalue weighted by molar-refractivity contribution is 0.0950. The molecule has 0 spiro atoms. The fourth-order valence-electron chi connectivity index (χ4n) is 2.27. The monoisotopic (exact) mass is 366 g/mol. The van der Waals surface area contributed by atoms with Gasteiger partial charge in [0.25, 0.3) is 5.91 Å². The van der Waals surface area contributed by atoms with Gasteiger partial charge in [-0.25, -0.2) is 13.1 Å². The number of hydrogen-bond acceptors (Lipinski definition) is 3. The topological polar surface area (TPSA) is 75.3 Å². The van der Waals surface area contributed by atoms with E-state index in [-0.39, 0.29) is 17.3 Å². The Morgan fingerprint density at radius 1 is 1.17 bits per heavy atom. The van der Waals surface area contributed by atoms with E-state index in [0.29, 0.717) is 16.1 Å². The first-order valence-corrected chi connectivity index (χ1v) is 9.18. The van der Waals surface area contributed by atoms with Gasteiger partial charge in [-0.15, -0.1) is 0 Å². The van der Waals surface area contributed by atoms with Crippen molar-refractivity contribution in [3.63, 3.8) is 0 Å². The lowest BCUT2D eigenvalue weighted by Crippen LogP contribution is -2.25. The van der Waals surface area contributed by atoms with E-state index >= 15 is 0 Å². The molecule has 2 rings (SSSR count). The summed E-state index contributed by atoms with van der Waals surface area (Å²) < 4.78 is 26.5. The molecular formula is C17H19ClN2O3S. The first-order chi connectivity index (χ1) is 11.3. The predicted octanol–water partition coefficient (Wildman–Crippen LogP) is 2.79. The molecule has 0 aliphatic rings. The number of sulfonamides is 1. The predicted molar refractivity (Wildman–Crippen MR) is 94.8 cm³/mol. The number of rotatable bonds is 5. The molecule has 128 valence electrons. The first kappa shape index (κ1) is 18.4. The number of carbonyl (C=O) groups excluding carboxylic acids is 1. The molecule has 0 atom stereocenters. The van der Waals surface area contributed by atoms with Crippen LogP contribution in [0.4, 0.5) is 0 Å². The zero-order valence-electron chi connectivity index (χ0n) is 13.7. The number of hydrogen-bond donors (Lipinski definition) is 2. The Morgan fingerprint density at radius 3 is 2.46 bits per heavy atom. The van der Waals surface area contributed by atoms with Crippen LogP contribution >= 0.6 is 11.6 Å². The lowest BCUT2D eigenvalue weighted by Gasteiger charge is -2.13. The Morgan fingerprint density at radius 2 is 1.83 bits per heavy atom. The third kappa shape index (κ3) is 3.95. The number of nitrogens with one attached hydrogen (secondary N) is 2. The number of aryl methyl sites for hydroxylation is 1. The number of halogens is 1. The molecule has 0 radical (unpaired) electrons. The minimum atomic E-state index is -3.63. The largest absolute Gasteiger partial charge is 0.348 e. The number of carbonyl (C=O) groups is 1. The molecule has 7 heteroatoms. The zero-order valence-corrected chi connectivity index (χ0v) is 15.3. The van der Waals surface area contributed by atoms with Crippen molar-refractivity contribution in [2.75, 3.05) is 7.05 Å². The van der Waals surface area contributed by atoms with Gasteiger partial charge in [-0.05, 0) is 55.8 Å². The molecule has 5 nitrogen and oxygen atoms in total. The lowest BCUT2D eigenvalue weighted by atomic mass is 10.1. The quantitative estimate of drug-likeness (QED) is 0.854. The van der Waals surface area contributed by atoms with Crippen molar-refractivity contribution in [2.45, 2.75) is 25.3 Å². The molecule has 0 aromatic heterocycles. The molecule has 0 saturated heterocycles. The van der Waals surface area contributed by atoms with Gasteiger partial charge in [-0.3, -0.25) is 4.79 Å². The van der Waals surface area contributed by atoms with Crippen molar-refractivity contribution in [2.24, 2.45) is 0 Å². The summed E-state index contributed by atoms with van der Waals surface area (Å²) in [6.07, 6.45) is 0. The average Bonchev–Trinajstić information content (AvgIpc) is 2.56.